The van der Waals surface area contributed by atoms with Crippen molar-refractivity contribution in [1.29, 1.82) is 0 Å². The lowest BCUT2D eigenvalue weighted by molar-refractivity contribution is -0.298. The zero-order valence-electron chi connectivity index (χ0n) is 11.8. The number of aliphatic hydroxyl groups is 1. The van der Waals surface area contributed by atoms with E-state index < -0.39 is 61.8 Å². The van der Waals surface area contributed by atoms with Crippen molar-refractivity contribution in [1.82, 2.24) is 0 Å². The quantitative estimate of drug-likeness (QED) is 0.589. The first-order valence-corrected chi connectivity index (χ1v) is 10.6. The molecule has 0 amide bonds. The van der Waals surface area contributed by atoms with Crippen molar-refractivity contribution in [2.45, 2.75) is 43.7 Å². The maximum Gasteiger partial charge on any atom is 0.356 e. The summed E-state index contributed by atoms with van der Waals surface area (Å²) in [7, 11) is 1.05. The highest BCUT2D eigenvalue weighted by atomic mass is 35.7. The van der Waals surface area contributed by atoms with Gasteiger partial charge in [-0.2, -0.15) is 16.8 Å². The van der Waals surface area contributed by atoms with Gasteiger partial charge in [0, 0.05) is 21.4 Å². The molecular weight excluding hydrogens is 403 g/mol. The molecule has 23 heavy (non-hydrogen) atoms. The number of hydrogen-bond donors (Lipinski definition) is 1. The van der Waals surface area contributed by atoms with Gasteiger partial charge in [0.25, 0.3) is 0 Å². The van der Waals surface area contributed by atoms with Gasteiger partial charge in [0.1, 0.15) is 24.9 Å². The smallest absolute Gasteiger partial charge is 0.356 e. The summed E-state index contributed by atoms with van der Waals surface area (Å²) in [6.45, 7) is 1.72. The van der Waals surface area contributed by atoms with Crippen LogP contribution in [0.5, 0.6) is 0 Å². The fraction of sp³-hybridized carbons (Fsp3) is 1.00. The maximum atomic E-state index is 11.3. The molecule has 2 aliphatic rings. The van der Waals surface area contributed by atoms with Crippen LogP contribution in [0.15, 0.2) is 0 Å². The van der Waals surface area contributed by atoms with E-state index in [-0.39, 0.29) is 0 Å². The Balaban J connectivity index is 2.40. The van der Waals surface area contributed by atoms with Crippen molar-refractivity contribution in [3.05, 3.63) is 0 Å². The molecule has 4 atom stereocenters. The summed E-state index contributed by atoms with van der Waals surface area (Å²) in [5.74, 6) is -3.05. The van der Waals surface area contributed by atoms with Gasteiger partial charge in [-0.15, -0.1) is 0 Å². The van der Waals surface area contributed by atoms with E-state index in [2.05, 4.69) is 8.37 Å². The molecule has 0 aromatic rings. The van der Waals surface area contributed by atoms with Crippen molar-refractivity contribution >= 4 is 40.0 Å². The summed E-state index contributed by atoms with van der Waals surface area (Å²) in [5.41, 5.74) is 0. The number of ether oxygens (including phenoxy) is 3. The number of aliphatic hydroxyl groups excluding tert-OH is 1. The van der Waals surface area contributed by atoms with E-state index in [1.54, 1.807) is 0 Å². The summed E-state index contributed by atoms with van der Waals surface area (Å²) >= 11 is 0. The number of hydrogen-bond acceptors (Lipinski definition) is 10. The molecule has 2 saturated heterocycles. The average Bonchev–Trinajstić information content (AvgIpc) is 2.61. The summed E-state index contributed by atoms with van der Waals surface area (Å²) in [6, 6.07) is 0. The van der Waals surface area contributed by atoms with Crippen LogP contribution in [-0.4, -0.2) is 65.0 Å². The van der Waals surface area contributed by atoms with Crippen LogP contribution >= 0.6 is 21.4 Å². The van der Waals surface area contributed by atoms with Crippen LogP contribution in [0.3, 0.4) is 0 Å². The van der Waals surface area contributed by atoms with E-state index in [0.29, 0.717) is 0 Å². The second-order valence-electron chi connectivity index (χ2n) is 5.30. The van der Waals surface area contributed by atoms with E-state index in [9.17, 15) is 21.9 Å². The van der Waals surface area contributed by atoms with Gasteiger partial charge >= 0.3 is 18.7 Å². The topological polar surface area (TPSA) is 135 Å². The number of rotatable bonds is 5. The lowest BCUT2D eigenvalue weighted by Gasteiger charge is -2.41. The Bertz CT molecular complexity index is 662. The molecule has 0 radical (unpaired) electrons. The summed E-state index contributed by atoms with van der Waals surface area (Å²) < 4.78 is 70.2. The van der Waals surface area contributed by atoms with Crippen LogP contribution in [0.25, 0.3) is 0 Å². The molecule has 2 heterocycles. The minimum atomic E-state index is -4.54. The van der Waals surface area contributed by atoms with Crippen molar-refractivity contribution < 1.29 is 44.5 Å². The van der Waals surface area contributed by atoms with Crippen molar-refractivity contribution in [3.8, 4) is 0 Å². The highest BCUT2D eigenvalue weighted by Gasteiger charge is 2.63. The Morgan fingerprint density at radius 2 is 1.74 bits per heavy atom. The summed E-state index contributed by atoms with van der Waals surface area (Å²) in [5, 5.41) is 9.57. The molecule has 0 aromatic heterocycles. The molecule has 10 nitrogen and oxygen atoms in total. The number of halogens is 2. The molecule has 2 rings (SSSR count). The summed E-state index contributed by atoms with van der Waals surface area (Å²) in [6.07, 6.45) is -4.44. The normalized spacial score (nSPS) is 37.5. The summed E-state index contributed by atoms with van der Waals surface area (Å²) in [4.78, 5) is 0. The molecule has 2 aliphatic heterocycles. The zero-order valence-corrected chi connectivity index (χ0v) is 15.0. The van der Waals surface area contributed by atoms with Crippen molar-refractivity contribution in [2.24, 2.45) is 0 Å². The van der Waals surface area contributed by atoms with Gasteiger partial charge in [0.05, 0.1) is 6.61 Å². The third-order valence-corrected chi connectivity index (χ3v) is 4.47. The molecular formula is C9H14Cl2O10S2. The van der Waals surface area contributed by atoms with Gasteiger partial charge < -0.3 is 19.3 Å². The predicted octanol–water partition coefficient (Wildman–Crippen LogP) is -0.406. The van der Waals surface area contributed by atoms with Gasteiger partial charge in [0.2, 0.25) is 5.79 Å². The van der Waals surface area contributed by atoms with E-state index in [0.717, 1.165) is 0 Å². The van der Waals surface area contributed by atoms with Gasteiger partial charge in [-0.3, -0.25) is 0 Å². The highest BCUT2D eigenvalue weighted by molar-refractivity contribution is 8.10. The second-order valence-corrected chi connectivity index (χ2v) is 9.53. The molecule has 0 saturated carbocycles. The predicted molar refractivity (Wildman–Crippen MR) is 75.1 cm³/mol. The molecule has 136 valence electrons. The fourth-order valence-corrected chi connectivity index (χ4v) is 3.96. The largest absolute Gasteiger partial charge is 0.391 e. The first kappa shape index (κ1) is 19.6. The monoisotopic (exact) mass is 416 g/mol. The lowest BCUT2D eigenvalue weighted by Crippen LogP contribution is -2.62. The standard InChI is InChI=1S/C9H14Cl2O10S2/c1-8(2)18-7-6(20-23(11,15)16)5(19-22(10,13)14)3-17-9(7,4-12)21-8/h5-7,12H,3-4H2,1-2H3/t5-,6-,7+,9+/m1/s1. The Kier molecular flexibility index (Phi) is 5.27. The molecule has 0 aliphatic carbocycles. The maximum absolute atomic E-state index is 11.3. The average molecular weight is 417 g/mol. The van der Waals surface area contributed by atoms with Crippen LogP contribution < -0.4 is 0 Å². The molecule has 0 unspecified atom stereocenters. The van der Waals surface area contributed by atoms with Crippen molar-refractivity contribution in [2.75, 3.05) is 13.2 Å². The van der Waals surface area contributed by atoms with Gasteiger partial charge in [-0.05, 0) is 13.8 Å². The Morgan fingerprint density at radius 1 is 1.17 bits per heavy atom. The number of fused-ring (bicyclic) bond motifs is 1. The van der Waals surface area contributed by atoms with Crippen LogP contribution in [0.2, 0.25) is 0 Å². The molecule has 14 heteroatoms. The first-order chi connectivity index (χ1) is 10.3. The Morgan fingerprint density at radius 3 is 2.22 bits per heavy atom. The van der Waals surface area contributed by atoms with Crippen LogP contribution in [0.1, 0.15) is 13.8 Å². The third-order valence-electron chi connectivity index (χ3n) is 3.10. The zero-order chi connectivity index (χ0) is 17.7. The Labute approximate surface area is 141 Å². The third kappa shape index (κ3) is 4.66. The molecule has 1 N–H and O–H groups in total. The minimum absolute atomic E-state index is 0.514. The first-order valence-electron chi connectivity index (χ1n) is 6.15. The van der Waals surface area contributed by atoms with E-state index in [1.165, 1.54) is 13.8 Å². The molecule has 0 aromatic carbocycles. The van der Waals surface area contributed by atoms with Crippen LogP contribution in [-0.2, 0) is 41.2 Å². The fourth-order valence-electron chi connectivity index (χ4n) is 2.48. The molecule has 0 bridgehead atoms. The van der Waals surface area contributed by atoms with Crippen LogP contribution in [0, 0.1) is 0 Å². The molecule has 2 fully saturated rings. The molecule has 0 spiro atoms. The van der Waals surface area contributed by atoms with Gasteiger partial charge in [-0.1, -0.05) is 0 Å². The lowest BCUT2D eigenvalue weighted by atomic mass is 9.98. The van der Waals surface area contributed by atoms with Crippen LogP contribution in [0.4, 0.5) is 0 Å². The van der Waals surface area contributed by atoms with Crippen molar-refractivity contribution in [3.63, 3.8) is 0 Å². The minimum Gasteiger partial charge on any atom is -0.391 e. The van der Waals surface area contributed by atoms with Gasteiger partial charge in [-0.25, -0.2) is 8.37 Å². The van der Waals surface area contributed by atoms with E-state index in [4.69, 9.17) is 35.6 Å². The highest BCUT2D eigenvalue weighted by Crippen LogP contribution is 2.44. The SMILES string of the molecule is CC1(C)O[C@H]2[C@H](OS(=O)(=O)Cl)[C@H](OS(=O)(=O)Cl)CO[C@@]2(CO)O1. The van der Waals surface area contributed by atoms with E-state index in [1.807, 2.05) is 0 Å². The second kappa shape index (κ2) is 6.20. The Hall–Kier alpha value is 0.240. The van der Waals surface area contributed by atoms with E-state index >= 15 is 0 Å². The van der Waals surface area contributed by atoms with Gasteiger partial charge in [0.15, 0.2) is 5.79 Å².